The molecule has 1 aliphatic rings. The highest BCUT2D eigenvalue weighted by Gasteiger charge is 2.20. The number of rotatable bonds is 5. The predicted octanol–water partition coefficient (Wildman–Crippen LogP) is 6.33. The molecule has 0 saturated heterocycles. The summed E-state index contributed by atoms with van der Waals surface area (Å²) < 4.78 is 0. The molecule has 1 atom stereocenters. The highest BCUT2D eigenvalue weighted by atomic mass is 14.2. The van der Waals surface area contributed by atoms with Crippen LogP contribution in [0.3, 0.4) is 0 Å². The van der Waals surface area contributed by atoms with Gasteiger partial charge in [0.05, 0.1) is 0 Å². The SMILES string of the molecule is C/C=C/c1ccc2c(c1)CCC(c1ccc(CCCC)cc1)C2. The summed E-state index contributed by atoms with van der Waals surface area (Å²) in [6, 6.07) is 16.4. The van der Waals surface area contributed by atoms with E-state index in [2.05, 4.69) is 68.5 Å². The molecule has 1 unspecified atom stereocenters. The standard InChI is InChI=1S/C23H28/c1-3-5-7-18-8-11-20(12-9-18)22-15-14-21-16-19(6-4-2)10-13-23(21)17-22/h4,6,8-13,16,22H,3,5,7,14-15,17H2,1-2H3/b6-4+. The van der Waals surface area contributed by atoms with E-state index in [-0.39, 0.29) is 0 Å². The lowest BCUT2D eigenvalue weighted by Gasteiger charge is -2.25. The lowest BCUT2D eigenvalue weighted by Crippen LogP contribution is -2.13. The van der Waals surface area contributed by atoms with E-state index in [1.54, 1.807) is 11.1 Å². The first-order chi connectivity index (χ1) is 11.3. The molecule has 2 aromatic carbocycles. The molecule has 0 nitrogen and oxygen atoms in total. The first kappa shape index (κ1) is 16.1. The Morgan fingerprint density at radius 2 is 1.87 bits per heavy atom. The van der Waals surface area contributed by atoms with Gasteiger partial charge in [0.15, 0.2) is 0 Å². The van der Waals surface area contributed by atoms with Crippen LogP contribution in [0.2, 0.25) is 0 Å². The number of allylic oxidation sites excluding steroid dienone is 1. The molecule has 23 heavy (non-hydrogen) atoms. The second kappa shape index (κ2) is 7.64. The fourth-order valence-corrected chi connectivity index (χ4v) is 3.69. The normalized spacial score (nSPS) is 17.4. The highest BCUT2D eigenvalue weighted by Crippen LogP contribution is 2.33. The first-order valence-corrected chi connectivity index (χ1v) is 9.13. The second-order valence-corrected chi connectivity index (χ2v) is 6.81. The van der Waals surface area contributed by atoms with Gasteiger partial charge in [-0.1, -0.05) is 68.0 Å². The monoisotopic (exact) mass is 304 g/mol. The molecule has 0 radical (unpaired) electrons. The molecule has 0 N–H and O–H groups in total. The molecule has 0 aromatic heterocycles. The van der Waals surface area contributed by atoms with Crippen LogP contribution in [0.4, 0.5) is 0 Å². The fourth-order valence-electron chi connectivity index (χ4n) is 3.69. The van der Waals surface area contributed by atoms with E-state index in [4.69, 9.17) is 0 Å². The van der Waals surface area contributed by atoms with Gasteiger partial charge < -0.3 is 0 Å². The Labute approximate surface area is 141 Å². The Morgan fingerprint density at radius 3 is 2.61 bits per heavy atom. The molecule has 1 aliphatic carbocycles. The zero-order valence-electron chi connectivity index (χ0n) is 14.5. The van der Waals surface area contributed by atoms with Gasteiger partial charge in [0.2, 0.25) is 0 Å². The summed E-state index contributed by atoms with van der Waals surface area (Å²) in [6.07, 6.45) is 11.8. The van der Waals surface area contributed by atoms with Crippen LogP contribution in [0.1, 0.15) is 66.8 Å². The average molecular weight is 304 g/mol. The van der Waals surface area contributed by atoms with Crippen molar-refractivity contribution in [3.63, 3.8) is 0 Å². The Hall–Kier alpha value is -1.82. The largest absolute Gasteiger partial charge is 0.0871 e. The summed E-state index contributed by atoms with van der Waals surface area (Å²) in [5, 5.41) is 0. The quantitative estimate of drug-likeness (QED) is 0.605. The maximum Gasteiger partial charge on any atom is -0.0118 e. The van der Waals surface area contributed by atoms with Crippen LogP contribution in [-0.4, -0.2) is 0 Å². The number of hydrogen-bond donors (Lipinski definition) is 0. The highest BCUT2D eigenvalue weighted by molar-refractivity contribution is 5.52. The van der Waals surface area contributed by atoms with Gasteiger partial charge in [-0.15, -0.1) is 0 Å². The van der Waals surface area contributed by atoms with E-state index < -0.39 is 0 Å². The minimum atomic E-state index is 0.690. The Balaban J connectivity index is 1.71. The third-order valence-electron chi connectivity index (χ3n) is 5.09. The van der Waals surface area contributed by atoms with Crippen LogP contribution < -0.4 is 0 Å². The molecular weight excluding hydrogens is 276 g/mol. The van der Waals surface area contributed by atoms with Gasteiger partial charge >= 0.3 is 0 Å². The van der Waals surface area contributed by atoms with Crippen molar-refractivity contribution < 1.29 is 0 Å². The number of fused-ring (bicyclic) bond motifs is 1. The van der Waals surface area contributed by atoms with Gasteiger partial charge in [-0.2, -0.15) is 0 Å². The third-order valence-corrected chi connectivity index (χ3v) is 5.09. The average Bonchev–Trinajstić information content (AvgIpc) is 2.60. The van der Waals surface area contributed by atoms with Crippen LogP contribution in [-0.2, 0) is 19.3 Å². The van der Waals surface area contributed by atoms with Crippen molar-refractivity contribution in [1.82, 2.24) is 0 Å². The van der Waals surface area contributed by atoms with E-state index in [1.807, 2.05) is 0 Å². The van der Waals surface area contributed by atoms with E-state index in [0.29, 0.717) is 5.92 Å². The summed E-state index contributed by atoms with van der Waals surface area (Å²) in [6.45, 7) is 4.34. The van der Waals surface area contributed by atoms with E-state index in [1.165, 1.54) is 55.2 Å². The number of aryl methyl sites for hydroxylation is 2. The van der Waals surface area contributed by atoms with Crippen LogP contribution in [0.25, 0.3) is 6.08 Å². The Kier molecular flexibility index (Phi) is 5.33. The Morgan fingerprint density at radius 1 is 1.04 bits per heavy atom. The Bertz CT molecular complexity index is 661. The summed E-state index contributed by atoms with van der Waals surface area (Å²) >= 11 is 0. The van der Waals surface area contributed by atoms with Crippen molar-refractivity contribution in [1.29, 1.82) is 0 Å². The minimum absolute atomic E-state index is 0.690. The molecule has 3 rings (SSSR count). The van der Waals surface area contributed by atoms with E-state index in [0.717, 1.165) is 0 Å². The van der Waals surface area contributed by atoms with Crippen molar-refractivity contribution in [2.45, 2.75) is 58.3 Å². The maximum atomic E-state index is 2.37. The number of benzene rings is 2. The van der Waals surface area contributed by atoms with Gasteiger partial charge in [-0.25, -0.2) is 0 Å². The van der Waals surface area contributed by atoms with Gasteiger partial charge in [0.1, 0.15) is 0 Å². The van der Waals surface area contributed by atoms with Crippen LogP contribution in [0, 0.1) is 0 Å². The van der Waals surface area contributed by atoms with Crippen LogP contribution >= 0.6 is 0 Å². The smallest absolute Gasteiger partial charge is 0.0118 e. The molecule has 0 heterocycles. The summed E-state index contributed by atoms with van der Waals surface area (Å²) in [5.74, 6) is 0.690. The molecule has 0 aliphatic heterocycles. The first-order valence-electron chi connectivity index (χ1n) is 9.13. The van der Waals surface area contributed by atoms with Gasteiger partial charge in [0.25, 0.3) is 0 Å². The lowest BCUT2D eigenvalue weighted by molar-refractivity contribution is 0.584. The topological polar surface area (TPSA) is 0 Å². The molecule has 0 saturated carbocycles. The minimum Gasteiger partial charge on any atom is -0.0871 e. The lowest BCUT2D eigenvalue weighted by atomic mass is 9.79. The van der Waals surface area contributed by atoms with Crippen LogP contribution in [0.5, 0.6) is 0 Å². The molecule has 0 spiro atoms. The van der Waals surface area contributed by atoms with Gasteiger partial charge in [-0.3, -0.25) is 0 Å². The fraction of sp³-hybridized carbons (Fsp3) is 0.391. The van der Waals surface area contributed by atoms with Gasteiger partial charge in [0, 0.05) is 0 Å². The van der Waals surface area contributed by atoms with Crippen molar-refractivity contribution >= 4 is 6.08 Å². The number of hydrogen-bond acceptors (Lipinski definition) is 0. The molecule has 0 amide bonds. The van der Waals surface area contributed by atoms with Crippen molar-refractivity contribution in [2.24, 2.45) is 0 Å². The van der Waals surface area contributed by atoms with Crippen molar-refractivity contribution in [3.8, 4) is 0 Å². The maximum absolute atomic E-state index is 2.37. The molecule has 0 bridgehead atoms. The third kappa shape index (κ3) is 3.93. The predicted molar refractivity (Wildman–Crippen MR) is 101 cm³/mol. The molecule has 2 aromatic rings. The molecule has 120 valence electrons. The van der Waals surface area contributed by atoms with E-state index >= 15 is 0 Å². The van der Waals surface area contributed by atoms with Crippen molar-refractivity contribution in [2.75, 3.05) is 0 Å². The summed E-state index contributed by atoms with van der Waals surface area (Å²) in [7, 11) is 0. The zero-order chi connectivity index (χ0) is 16.1. The van der Waals surface area contributed by atoms with Crippen molar-refractivity contribution in [3.05, 3.63) is 76.4 Å². The summed E-state index contributed by atoms with van der Waals surface area (Å²) in [5.41, 5.74) is 7.45. The zero-order valence-corrected chi connectivity index (χ0v) is 14.5. The molecular formula is C23H28. The molecule has 0 fully saturated rings. The second-order valence-electron chi connectivity index (χ2n) is 6.81. The molecule has 0 heteroatoms. The summed E-state index contributed by atoms with van der Waals surface area (Å²) in [4.78, 5) is 0. The van der Waals surface area contributed by atoms with Crippen LogP contribution in [0.15, 0.2) is 48.5 Å². The number of unbranched alkanes of at least 4 members (excludes halogenated alkanes) is 1. The van der Waals surface area contributed by atoms with E-state index in [9.17, 15) is 0 Å². The van der Waals surface area contributed by atoms with Gasteiger partial charge in [-0.05, 0) is 72.8 Å².